The van der Waals surface area contributed by atoms with E-state index in [-0.39, 0.29) is 0 Å². The van der Waals surface area contributed by atoms with Crippen LogP contribution in [0.4, 0.5) is 11.6 Å². The van der Waals surface area contributed by atoms with Gasteiger partial charge in [0.25, 0.3) is 0 Å². The van der Waals surface area contributed by atoms with Crippen LogP contribution in [0.5, 0.6) is 0 Å². The summed E-state index contributed by atoms with van der Waals surface area (Å²) < 4.78 is 1.75. The van der Waals surface area contributed by atoms with Crippen LogP contribution in [0.25, 0.3) is 0 Å². The first-order chi connectivity index (χ1) is 7.28. The minimum atomic E-state index is 0.814. The van der Waals surface area contributed by atoms with Gasteiger partial charge in [-0.15, -0.1) is 0 Å². The van der Waals surface area contributed by atoms with E-state index in [0.29, 0.717) is 0 Å². The second-order valence-corrected chi connectivity index (χ2v) is 3.40. The van der Waals surface area contributed by atoms with E-state index in [1.54, 1.807) is 4.68 Å². The van der Waals surface area contributed by atoms with Crippen LogP contribution in [0.3, 0.4) is 0 Å². The van der Waals surface area contributed by atoms with Crippen LogP contribution >= 0.6 is 0 Å². The Morgan fingerprint density at radius 2 is 2.13 bits per heavy atom. The van der Waals surface area contributed by atoms with Crippen molar-refractivity contribution in [2.24, 2.45) is 7.05 Å². The van der Waals surface area contributed by atoms with Crippen molar-refractivity contribution >= 4 is 11.6 Å². The minimum Gasteiger partial charge on any atom is -0.323 e. The molecule has 15 heavy (non-hydrogen) atoms. The molecule has 0 unspecified atom stereocenters. The molecule has 0 radical (unpaired) electrons. The Kier molecular flexibility index (Phi) is 2.67. The molecule has 2 aromatic rings. The van der Waals surface area contributed by atoms with Crippen molar-refractivity contribution < 1.29 is 0 Å². The molecule has 0 saturated carbocycles. The molecule has 0 amide bonds. The quantitative estimate of drug-likeness (QED) is 0.829. The number of aryl methyl sites for hydroxylation is 2. The van der Waals surface area contributed by atoms with Crippen LogP contribution in [0.1, 0.15) is 12.5 Å². The molecule has 0 spiro atoms. The summed E-state index contributed by atoms with van der Waals surface area (Å²) >= 11 is 0. The summed E-state index contributed by atoms with van der Waals surface area (Å²) in [5.74, 6) is 1.64. The van der Waals surface area contributed by atoms with Gasteiger partial charge < -0.3 is 5.32 Å². The molecule has 0 atom stereocenters. The number of hydrogen-bond acceptors (Lipinski definition) is 3. The first kappa shape index (κ1) is 9.71. The molecule has 0 aliphatic heterocycles. The number of aromatic nitrogens is 3. The van der Waals surface area contributed by atoms with Gasteiger partial charge in [0, 0.05) is 25.5 Å². The average Bonchev–Trinajstić information content (AvgIpc) is 2.65. The zero-order valence-corrected chi connectivity index (χ0v) is 8.94. The lowest BCUT2D eigenvalue weighted by atomic mass is 10.2. The van der Waals surface area contributed by atoms with Crippen molar-refractivity contribution in [2.45, 2.75) is 13.3 Å². The third-order valence-electron chi connectivity index (χ3n) is 2.20. The largest absolute Gasteiger partial charge is 0.323 e. The third-order valence-corrected chi connectivity index (χ3v) is 2.20. The lowest BCUT2D eigenvalue weighted by Gasteiger charge is -2.02. The summed E-state index contributed by atoms with van der Waals surface area (Å²) in [5, 5.41) is 7.35. The standard InChI is InChI=1S/C11H14N4/c1-3-9-4-5-10(12-8-9)13-11-6-7-15(2)14-11/h4-8H,3H2,1-2H3,(H,12,13,14). The molecule has 2 rings (SSSR count). The van der Waals surface area contributed by atoms with Crippen molar-refractivity contribution in [2.75, 3.05) is 5.32 Å². The lowest BCUT2D eigenvalue weighted by Crippen LogP contribution is -1.96. The van der Waals surface area contributed by atoms with E-state index < -0.39 is 0 Å². The van der Waals surface area contributed by atoms with E-state index in [1.165, 1.54) is 5.56 Å². The number of pyridine rings is 1. The fourth-order valence-corrected chi connectivity index (χ4v) is 1.32. The summed E-state index contributed by atoms with van der Waals surface area (Å²) in [7, 11) is 1.89. The molecular weight excluding hydrogens is 188 g/mol. The normalized spacial score (nSPS) is 10.3. The van der Waals surface area contributed by atoms with Gasteiger partial charge in [0.2, 0.25) is 0 Å². The van der Waals surface area contributed by atoms with E-state index in [0.717, 1.165) is 18.1 Å². The number of hydrogen-bond donors (Lipinski definition) is 1. The Balaban J connectivity index is 2.11. The fraction of sp³-hybridized carbons (Fsp3) is 0.273. The number of nitrogens with one attached hydrogen (secondary N) is 1. The molecule has 2 heterocycles. The number of rotatable bonds is 3. The molecule has 0 aliphatic carbocycles. The van der Waals surface area contributed by atoms with Gasteiger partial charge in [-0.2, -0.15) is 5.10 Å². The number of nitrogens with zero attached hydrogens (tertiary/aromatic N) is 3. The molecule has 4 heteroatoms. The van der Waals surface area contributed by atoms with Crippen LogP contribution in [0, 0.1) is 0 Å². The molecule has 0 aromatic carbocycles. The highest BCUT2D eigenvalue weighted by Gasteiger charge is 1.98. The minimum absolute atomic E-state index is 0.814. The van der Waals surface area contributed by atoms with Gasteiger partial charge in [-0.25, -0.2) is 4.98 Å². The van der Waals surface area contributed by atoms with E-state index in [9.17, 15) is 0 Å². The van der Waals surface area contributed by atoms with Gasteiger partial charge in [-0.1, -0.05) is 13.0 Å². The van der Waals surface area contributed by atoms with E-state index in [4.69, 9.17) is 0 Å². The van der Waals surface area contributed by atoms with Crippen LogP contribution < -0.4 is 5.32 Å². The molecule has 0 saturated heterocycles. The maximum atomic E-state index is 4.29. The van der Waals surface area contributed by atoms with Gasteiger partial charge in [0.15, 0.2) is 5.82 Å². The molecule has 2 aromatic heterocycles. The highest BCUT2D eigenvalue weighted by Crippen LogP contribution is 2.11. The Morgan fingerprint density at radius 1 is 1.27 bits per heavy atom. The van der Waals surface area contributed by atoms with Crippen molar-refractivity contribution in [1.82, 2.24) is 14.8 Å². The molecule has 0 bridgehead atoms. The van der Waals surface area contributed by atoms with Gasteiger partial charge in [0.05, 0.1) is 0 Å². The smallest absolute Gasteiger partial charge is 0.153 e. The van der Waals surface area contributed by atoms with Crippen LogP contribution in [-0.4, -0.2) is 14.8 Å². The Labute approximate surface area is 89.0 Å². The topological polar surface area (TPSA) is 42.7 Å². The second-order valence-electron chi connectivity index (χ2n) is 3.40. The third kappa shape index (κ3) is 2.34. The fourth-order valence-electron chi connectivity index (χ4n) is 1.32. The summed E-state index contributed by atoms with van der Waals surface area (Å²) in [6.07, 6.45) is 4.78. The molecule has 0 aliphatic rings. The first-order valence-corrected chi connectivity index (χ1v) is 4.99. The van der Waals surface area contributed by atoms with Crippen molar-refractivity contribution in [3.8, 4) is 0 Å². The van der Waals surface area contributed by atoms with E-state index in [1.807, 2.05) is 31.6 Å². The van der Waals surface area contributed by atoms with Crippen molar-refractivity contribution in [3.63, 3.8) is 0 Å². The Hall–Kier alpha value is -1.84. The molecule has 78 valence electrons. The highest BCUT2D eigenvalue weighted by atomic mass is 15.3. The number of anilines is 2. The van der Waals surface area contributed by atoms with Gasteiger partial charge in [-0.05, 0) is 18.1 Å². The molecule has 1 N–H and O–H groups in total. The second kappa shape index (κ2) is 4.13. The van der Waals surface area contributed by atoms with E-state index in [2.05, 4.69) is 28.4 Å². The van der Waals surface area contributed by atoms with Crippen molar-refractivity contribution in [3.05, 3.63) is 36.2 Å². The predicted molar refractivity (Wildman–Crippen MR) is 60.1 cm³/mol. The van der Waals surface area contributed by atoms with Crippen molar-refractivity contribution in [1.29, 1.82) is 0 Å². The van der Waals surface area contributed by atoms with Crippen LogP contribution in [0.15, 0.2) is 30.6 Å². The van der Waals surface area contributed by atoms with Crippen LogP contribution in [-0.2, 0) is 13.5 Å². The van der Waals surface area contributed by atoms with Crippen LogP contribution in [0.2, 0.25) is 0 Å². The lowest BCUT2D eigenvalue weighted by molar-refractivity contribution is 0.771. The summed E-state index contributed by atoms with van der Waals surface area (Å²) in [4.78, 5) is 4.29. The Bertz CT molecular complexity index is 430. The zero-order chi connectivity index (χ0) is 10.7. The summed E-state index contributed by atoms with van der Waals surface area (Å²) in [5.41, 5.74) is 1.24. The van der Waals surface area contributed by atoms with Gasteiger partial charge >= 0.3 is 0 Å². The summed E-state index contributed by atoms with van der Waals surface area (Å²) in [6.45, 7) is 2.11. The SMILES string of the molecule is CCc1ccc(Nc2ccn(C)n2)nc1. The molecular formula is C11H14N4. The van der Waals surface area contributed by atoms with Gasteiger partial charge in [0.1, 0.15) is 5.82 Å². The van der Waals surface area contributed by atoms with Gasteiger partial charge in [-0.3, -0.25) is 4.68 Å². The molecule has 0 fully saturated rings. The maximum absolute atomic E-state index is 4.29. The predicted octanol–water partition coefficient (Wildman–Crippen LogP) is 2.12. The highest BCUT2D eigenvalue weighted by molar-refractivity contribution is 5.50. The maximum Gasteiger partial charge on any atom is 0.153 e. The van der Waals surface area contributed by atoms with E-state index >= 15 is 0 Å². The average molecular weight is 202 g/mol. The molecule has 4 nitrogen and oxygen atoms in total. The zero-order valence-electron chi connectivity index (χ0n) is 8.94. The monoisotopic (exact) mass is 202 g/mol. The summed E-state index contributed by atoms with van der Waals surface area (Å²) in [6, 6.07) is 5.95. The Morgan fingerprint density at radius 3 is 2.67 bits per heavy atom. The first-order valence-electron chi connectivity index (χ1n) is 4.99.